The molecule has 0 saturated carbocycles. The van der Waals surface area contributed by atoms with Gasteiger partial charge in [0.25, 0.3) is 0 Å². The van der Waals surface area contributed by atoms with Gasteiger partial charge in [-0.1, -0.05) is 0 Å². The van der Waals surface area contributed by atoms with Crippen LogP contribution < -0.4 is 10.6 Å². The number of hydrogen-bond donors (Lipinski definition) is 2. The van der Waals surface area contributed by atoms with E-state index >= 15 is 0 Å². The third-order valence-corrected chi connectivity index (χ3v) is 7.52. The van der Waals surface area contributed by atoms with E-state index < -0.39 is 7.28 Å². The molecule has 2 aromatic carbocycles. The van der Waals surface area contributed by atoms with Gasteiger partial charge in [-0.25, -0.2) is 0 Å². The molecule has 0 aliphatic rings. The van der Waals surface area contributed by atoms with E-state index in [0.29, 0.717) is 6.42 Å². The van der Waals surface area contributed by atoms with Crippen molar-refractivity contribution < 1.29 is 14.3 Å². The van der Waals surface area contributed by atoms with Crippen LogP contribution in [0, 0.1) is 0 Å². The molecule has 0 aromatic heterocycles. The van der Waals surface area contributed by atoms with Crippen molar-refractivity contribution in [3.63, 3.8) is 0 Å². The number of halogens is 2. The van der Waals surface area contributed by atoms with E-state index in [1.54, 1.807) is 48.5 Å². The fourth-order valence-corrected chi connectivity index (χ4v) is 6.04. The first kappa shape index (κ1) is 17.7. The summed E-state index contributed by atoms with van der Waals surface area (Å²) in [5, 5.41) is 0.807. The molecule has 0 amide bonds. The van der Waals surface area contributed by atoms with Gasteiger partial charge in [-0.15, -0.1) is 0 Å². The van der Waals surface area contributed by atoms with E-state index in [1.807, 2.05) is 6.92 Å². The number of rotatable bonds is 6. The molecule has 0 aliphatic heterocycles. The second-order valence-electron chi connectivity index (χ2n) is 5.04. The standard InChI is InChI=1S/C16H19Cl2O3P/c1-2-3-12-21-22(19,20,15-10-6-4-8-13(15)17)16-11-7-5-9-14(16)18/h4-11,19-20H,2-3,12H2,1H3. The van der Waals surface area contributed by atoms with Crippen molar-refractivity contribution in [3.8, 4) is 0 Å². The minimum atomic E-state index is -4.89. The van der Waals surface area contributed by atoms with Crippen LogP contribution in [0.15, 0.2) is 48.5 Å². The predicted molar refractivity (Wildman–Crippen MR) is 94.4 cm³/mol. The molecule has 2 rings (SSSR count). The molecule has 3 nitrogen and oxygen atoms in total. The Labute approximate surface area is 140 Å². The zero-order valence-corrected chi connectivity index (χ0v) is 14.7. The summed E-state index contributed by atoms with van der Waals surface area (Å²) in [5.74, 6) is 0. The molecule has 0 fully saturated rings. The van der Waals surface area contributed by atoms with Crippen molar-refractivity contribution in [3.05, 3.63) is 58.6 Å². The number of unbranched alkanes of at least 4 members (excludes halogenated alkanes) is 1. The van der Waals surface area contributed by atoms with Gasteiger partial charge in [0.05, 0.1) is 0 Å². The van der Waals surface area contributed by atoms with Crippen LogP contribution in [0.25, 0.3) is 0 Å². The maximum atomic E-state index is 11.3. The van der Waals surface area contributed by atoms with E-state index in [2.05, 4.69) is 0 Å². The van der Waals surface area contributed by atoms with Gasteiger partial charge in [-0.05, 0) is 0 Å². The van der Waals surface area contributed by atoms with Gasteiger partial charge in [-0.3, -0.25) is 0 Å². The summed E-state index contributed by atoms with van der Waals surface area (Å²) in [6, 6.07) is 13.2. The first-order chi connectivity index (χ1) is 10.4. The molecular weight excluding hydrogens is 342 g/mol. The van der Waals surface area contributed by atoms with E-state index in [4.69, 9.17) is 27.7 Å². The third kappa shape index (κ3) is 3.30. The topological polar surface area (TPSA) is 49.7 Å². The van der Waals surface area contributed by atoms with Crippen LogP contribution in [0.1, 0.15) is 19.8 Å². The number of hydrogen-bond acceptors (Lipinski definition) is 3. The van der Waals surface area contributed by atoms with Gasteiger partial charge >= 0.3 is 140 Å². The van der Waals surface area contributed by atoms with Crippen LogP contribution in [0.5, 0.6) is 0 Å². The summed E-state index contributed by atoms with van der Waals surface area (Å²) in [4.78, 5) is 22.6. The van der Waals surface area contributed by atoms with Gasteiger partial charge in [0.2, 0.25) is 0 Å². The molecule has 0 bridgehead atoms. The summed E-state index contributed by atoms with van der Waals surface area (Å²) < 4.78 is 5.66. The SMILES string of the molecule is CCCCOP(O)(O)(c1ccccc1Cl)c1ccccc1Cl. The Balaban J connectivity index is 2.64. The molecule has 2 N–H and O–H groups in total. The van der Waals surface area contributed by atoms with E-state index in [0.717, 1.165) is 6.42 Å². The van der Waals surface area contributed by atoms with Crippen molar-refractivity contribution >= 4 is 41.1 Å². The summed E-state index contributed by atoms with van der Waals surface area (Å²) in [6.45, 7) is 2.20. The van der Waals surface area contributed by atoms with Crippen LogP contribution in [0.4, 0.5) is 0 Å². The van der Waals surface area contributed by atoms with Gasteiger partial charge in [0.1, 0.15) is 0 Å². The van der Waals surface area contributed by atoms with E-state index in [1.165, 1.54) is 0 Å². The number of benzene rings is 2. The molecule has 6 heteroatoms. The quantitative estimate of drug-likeness (QED) is 0.603. The van der Waals surface area contributed by atoms with Crippen molar-refractivity contribution in [2.24, 2.45) is 0 Å². The normalized spacial score (nSPS) is 13.6. The fraction of sp³-hybridized carbons (Fsp3) is 0.250. The summed E-state index contributed by atoms with van der Waals surface area (Å²) >= 11 is 12.4. The predicted octanol–water partition coefficient (Wildman–Crippen LogP) is 4.04. The van der Waals surface area contributed by atoms with Crippen LogP contribution in [-0.2, 0) is 4.52 Å². The zero-order valence-electron chi connectivity index (χ0n) is 12.2. The fourth-order valence-electron chi connectivity index (χ4n) is 2.21. The van der Waals surface area contributed by atoms with Crippen LogP contribution in [0.3, 0.4) is 0 Å². The monoisotopic (exact) mass is 360 g/mol. The van der Waals surface area contributed by atoms with Crippen molar-refractivity contribution in [2.45, 2.75) is 19.8 Å². The second-order valence-corrected chi connectivity index (χ2v) is 8.97. The van der Waals surface area contributed by atoms with E-state index in [9.17, 15) is 9.79 Å². The summed E-state index contributed by atoms with van der Waals surface area (Å²) in [7, 11) is -4.89. The third-order valence-electron chi connectivity index (χ3n) is 3.41. The summed E-state index contributed by atoms with van der Waals surface area (Å²) in [6.07, 6.45) is 1.57. The van der Waals surface area contributed by atoms with Crippen LogP contribution in [-0.4, -0.2) is 16.4 Å². The molecule has 0 spiro atoms. The zero-order chi connectivity index (χ0) is 16.2. The van der Waals surface area contributed by atoms with Crippen LogP contribution in [0.2, 0.25) is 10.0 Å². The molecule has 120 valence electrons. The molecule has 0 saturated heterocycles. The average molecular weight is 361 g/mol. The van der Waals surface area contributed by atoms with Crippen LogP contribution >= 0.6 is 30.5 Å². The molecule has 0 aliphatic carbocycles. The van der Waals surface area contributed by atoms with Crippen molar-refractivity contribution in [2.75, 3.05) is 6.61 Å². The minimum absolute atomic E-state index is 0.166. The first-order valence-electron chi connectivity index (χ1n) is 7.06. The summed E-state index contributed by atoms with van der Waals surface area (Å²) in [5.41, 5.74) is 0. The molecule has 0 radical (unpaired) electrons. The van der Waals surface area contributed by atoms with Crippen molar-refractivity contribution in [1.29, 1.82) is 0 Å². The Bertz CT molecular complexity index is 612. The Morgan fingerprint density at radius 3 is 1.77 bits per heavy atom. The molecular formula is C16H19Cl2O3P. The molecule has 0 heterocycles. The average Bonchev–Trinajstić information content (AvgIpc) is 2.48. The van der Waals surface area contributed by atoms with Crippen molar-refractivity contribution in [1.82, 2.24) is 0 Å². The Kier molecular flexibility index (Phi) is 5.50. The molecule has 2 aromatic rings. The molecule has 22 heavy (non-hydrogen) atoms. The molecule has 0 atom stereocenters. The van der Waals surface area contributed by atoms with Gasteiger partial charge in [0, 0.05) is 0 Å². The Hall–Kier alpha value is -0.670. The Morgan fingerprint density at radius 2 is 1.36 bits per heavy atom. The maximum absolute atomic E-state index is 11.3. The molecule has 0 unspecified atom stereocenters. The van der Waals surface area contributed by atoms with Gasteiger partial charge in [0.15, 0.2) is 0 Å². The van der Waals surface area contributed by atoms with Gasteiger partial charge < -0.3 is 0 Å². The van der Waals surface area contributed by atoms with Gasteiger partial charge in [-0.2, -0.15) is 0 Å². The first-order valence-corrected chi connectivity index (χ1v) is 9.87. The second kappa shape index (κ2) is 6.84. The Morgan fingerprint density at radius 1 is 0.909 bits per heavy atom. The van der Waals surface area contributed by atoms with E-state index in [-0.39, 0.29) is 27.3 Å².